The lowest BCUT2D eigenvalue weighted by molar-refractivity contribution is 0.215. The van der Waals surface area contributed by atoms with Crippen LogP contribution in [0.15, 0.2) is 23.4 Å². The van der Waals surface area contributed by atoms with E-state index in [-0.39, 0.29) is 0 Å². The lowest BCUT2D eigenvalue weighted by Crippen LogP contribution is -1.85. The maximum absolute atomic E-state index is 5.75. The van der Waals surface area contributed by atoms with Gasteiger partial charge in [-0.2, -0.15) is 0 Å². The maximum atomic E-state index is 5.75. The van der Waals surface area contributed by atoms with Gasteiger partial charge in [0.25, 0.3) is 0 Å². The number of hydrogen-bond donors (Lipinski definition) is 0. The number of benzene rings is 1. The smallest absolute Gasteiger partial charge is 0.106 e. The molecule has 1 rings (SSSR count). The number of halogens is 1. The molecule has 0 amide bonds. The summed E-state index contributed by atoms with van der Waals surface area (Å²) < 4.78 is 0. The van der Waals surface area contributed by atoms with E-state index >= 15 is 0 Å². The topological polar surface area (TPSA) is 21.6 Å². The summed E-state index contributed by atoms with van der Waals surface area (Å²) in [5.41, 5.74) is 1.07. The van der Waals surface area contributed by atoms with Crippen molar-refractivity contribution in [3.05, 3.63) is 34.9 Å². The molecule has 0 heterocycles. The van der Waals surface area contributed by atoms with Crippen LogP contribution in [0.5, 0.6) is 0 Å². The molecule has 63 valence electrons. The van der Waals surface area contributed by atoms with E-state index in [0.717, 1.165) is 5.56 Å². The van der Waals surface area contributed by atoms with Crippen LogP contribution >= 0.6 is 11.6 Å². The van der Waals surface area contributed by atoms with Gasteiger partial charge in [-0.05, 0) is 23.8 Å². The van der Waals surface area contributed by atoms with Gasteiger partial charge < -0.3 is 4.84 Å². The van der Waals surface area contributed by atoms with Gasteiger partial charge in [0.1, 0.15) is 7.11 Å². The van der Waals surface area contributed by atoms with Crippen LogP contribution in [-0.2, 0) is 11.3 Å². The number of oxime groups is 1. The number of rotatable bonds is 3. The third-order valence-electron chi connectivity index (χ3n) is 1.32. The van der Waals surface area contributed by atoms with Gasteiger partial charge in [-0.3, -0.25) is 0 Å². The molecule has 0 aliphatic heterocycles. The molecule has 0 atom stereocenters. The SMILES string of the molecule is CON=CCc1c[c]cc(Cl)c1. The standard InChI is InChI=1S/C9H9ClNO/c1-12-11-6-5-8-3-2-4-9(10)7-8/h3-4,6-7H,5H2,1H3. The minimum Gasteiger partial charge on any atom is -0.399 e. The third-order valence-corrected chi connectivity index (χ3v) is 1.54. The van der Waals surface area contributed by atoms with Crippen LogP contribution in [0, 0.1) is 6.07 Å². The Balaban J connectivity index is 2.57. The molecule has 0 saturated heterocycles. The lowest BCUT2D eigenvalue weighted by Gasteiger charge is -1.94. The van der Waals surface area contributed by atoms with E-state index in [1.54, 1.807) is 12.3 Å². The first-order chi connectivity index (χ1) is 5.83. The van der Waals surface area contributed by atoms with Crippen LogP contribution < -0.4 is 0 Å². The Kier molecular flexibility index (Phi) is 3.61. The van der Waals surface area contributed by atoms with Gasteiger partial charge in [-0.25, -0.2) is 0 Å². The zero-order chi connectivity index (χ0) is 8.81. The Morgan fingerprint density at radius 3 is 3.17 bits per heavy atom. The fourth-order valence-electron chi connectivity index (χ4n) is 0.824. The third kappa shape index (κ3) is 2.93. The van der Waals surface area contributed by atoms with Gasteiger partial charge in [-0.1, -0.05) is 22.8 Å². The Morgan fingerprint density at radius 1 is 1.67 bits per heavy atom. The monoisotopic (exact) mass is 182 g/mol. The van der Waals surface area contributed by atoms with Crippen LogP contribution in [0.3, 0.4) is 0 Å². The van der Waals surface area contributed by atoms with Crippen molar-refractivity contribution in [2.24, 2.45) is 5.16 Å². The van der Waals surface area contributed by atoms with Crippen molar-refractivity contribution in [2.75, 3.05) is 7.11 Å². The molecule has 1 aromatic rings. The highest BCUT2D eigenvalue weighted by Crippen LogP contribution is 2.09. The van der Waals surface area contributed by atoms with Gasteiger partial charge in [0.05, 0.1) is 0 Å². The Morgan fingerprint density at radius 2 is 2.50 bits per heavy atom. The van der Waals surface area contributed by atoms with E-state index in [4.69, 9.17) is 11.6 Å². The highest BCUT2D eigenvalue weighted by Gasteiger charge is 1.91. The summed E-state index contributed by atoms with van der Waals surface area (Å²) in [6.07, 6.45) is 2.39. The molecule has 0 saturated carbocycles. The van der Waals surface area contributed by atoms with Crippen LogP contribution in [0.2, 0.25) is 5.02 Å². The summed E-state index contributed by atoms with van der Waals surface area (Å²) in [4.78, 5) is 4.52. The highest BCUT2D eigenvalue weighted by molar-refractivity contribution is 6.30. The van der Waals surface area contributed by atoms with E-state index in [0.29, 0.717) is 11.4 Å². The zero-order valence-corrected chi connectivity index (χ0v) is 7.51. The summed E-state index contributed by atoms with van der Waals surface area (Å²) >= 11 is 5.75. The van der Waals surface area contributed by atoms with Crippen molar-refractivity contribution in [2.45, 2.75) is 6.42 Å². The van der Waals surface area contributed by atoms with Gasteiger partial charge in [0.2, 0.25) is 0 Å². The number of hydrogen-bond acceptors (Lipinski definition) is 2. The van der Waals surface area contributed by atoms with Gasteiger partial charge in [-0.15, -0.1) is 0 Å². The maximum Gasteiger partial charge on any atom is 0.106 e. The Labute approximate surface area is 76.8 Å². The molecule has 1 aromatic carbocycles. The fraction of sp³-hybridized carbons (Fsp3) is 0.222. The molecule has 0 aliphatic rings. The van der Waals surface area contributed by atoms with Crippen LogP contribution in [0.1, 0.15) is 5.56 Å². The first kappa shape index (κ1) is 9.07. The van der Waals surface area contributed by atoms with Gasteiger partial charge in [0, 0.05) is 17.7 Å². The normalized spacial score (nSPS) is 10.5. The van der Waals surface area contributed by atoms with Crippen LogP contribution in [0.4, 0.5) is 0 Å². The van der Waals surface area contributed by atoms with Crippen molar-refractivity contribution in [3.63, 3.8) is 0 Å². The van der Waals surface area contributed by atoms with Crippen LogP contribution in [-0.4, -0.2) is 13.3 Å². The quantitative estimate of drug-likeness (QED) is 0.519. The largest absolute Gasteiger partial charge is 0.399 e. The van der Waals surface area contributed by atoms with Gasteiger partial charge in [0.15, 0.2) is 0 Å². The Hall–Kier alpha value is -1.02. The fourth-order valence-corrected chi connectivity index (χ4v) is 1.03. The molecule has 0 spiro atoms. The van der Waals surface area contributed by atoms with Crippen molar-refractivity contribution >= 4 is 17.8 Å². The van der Waals surface area contributed by atoms with E-state index in [2.05, 4.69) is 16.1 Å². The summed E-state index contributed by atoms with van der Waals surface area (Å²) in [5.74, 6) is 0. The van der Waals surface area contributed by atoms with Crippen molar-refractivity contribution in [3.8, 4) is 0 Å². The van der Waals surface area contributed by atoms with Crippen molar-refractivity contribution < 1.29 is 4.84 Å². The minimum atomic E-state index is 0.693. The van der Waals surface area contributed by atoms with E-state index in [1.807, 2.05) is 12.1 Å². The summed E-state index contributed by atoms with van der Waals surface area (Å²) in [6, 6.07) is 8.39. The molecule has 0 aromatic heterocycles. The predicted octanol–water partition coefficient (Wildman–Crippen LogP) is 2.31. The molecule has 0 N–H and O–H groups in total. The Bertz CT molecular complexity index is 273. The minimum absolute atomic E-state index is 0.693. The molecular weight excluding hydrogens is 174 g/mol. The summed E-state index contributed by atoms with van der Waals surface area (Å²) in [6.45, 7) is 0. The molecule has 2 nitrogen and oxygen atoms in total. The second kappa shape index (κ2) is 4.78. The molecular formula is C9H9ClNO. The molecule has 0 unspecified atom stereocenters. The van der Waals surface area contributed by atoms with E-state index in [1.165, 1.54) is 7.11 Å². The first-order valence-corrected chi connectivity index (χ1v) is 3.91. The molecule has 1 radical (unpaired) electrons. The molecule has 0 fully saturated rings. The first-order valence-electron chi connectivity index (χ1n) is 3.53. The van der Waals surface area contributed by atoms with Crippen molar-refractivity contribution in [1.29, 1.82) is 0 Å². The zero-order valence-electron chi connectivity index (χ0n) is 6.75. The molecule has 3 heteroatoms. The van der Waals surface area contributed by atoms with Crippen LogP contribution in [0.25, 0.3) is 0 Å². The van der Waals surface area contributed by atoms with E-state index < -0.39 is 0 Å². The molecule has 12 heavy (non-hydrogen) atoms. The van der Waals surface area contributed by atoms with E-state index in [9.17, 15) is 0 Å². The summed E-state index contributed by atoms with van der Waals surface area (Å²) in [5, 5.41) is 4.31. The average molecular weight is 183 g/mol. The second-order valence-corrected chi connectivity index (χ2v) is 2.67. The highest BCUT2D eigenvalue weighted by atomic mass is 35.5. The second-order valence-electron chi connectivity index (χ2n) is 2.23. The number of nitrogens with zero attached hydrogens (tertiary/aromatic N) is 1. The lowest BCUT2D eigenvalue weighted by atomic mass is 10.2. The predicted molar refractivity (Wildman–Crippen MR) is 49.5 cm³/mol. The van der Waals surface area contributed by atoms with Crippen molar-refractivity contribution in [1.82, 2.24) is 0 Å². The average Bonchev–Trinajstić information content (AvgIpc) is 2.05. The molecule has 0 bridgehead atoms. The van der Waals surface area contributed by atoms with Gasteiger partial charge >= 0.3 is 0 Å². The molecule has 0 aliphatic carbocycles. The summed E-state index contributed by atoms with van der Waals surface area (Å²) in [7, 11) is 1.51.